The minimum absolute atomic E-state index is 0.0419. The number of nitrogens with zero attached hydrogens (tertiary/aromatic N) is 1. The summed E-state index contributed by atoms with van der Waals surface area (Å²) in [6.07, 6.45) is 2.67. The van der Waals surface area contributed by atoms with Crippen LogP contribution in [0, 0.1) is 18.3 Å². The van der Waals surface area contributed by atoms with Gasteiger partial charge in [0.2, 0.25) is 0 Å². The van der Waals surface area contributed by atoms with Gasteiger partial charge in [-0.05, 0) is 18.8 Å². The third-order valence-corrected chi connectivity index (χ3v) is 2.18. The standard InChI is InChI=1S/C10H13F3N2O/c1-2-5-15(6-8-3-4-8)9(16)14-7-10(11,12)13/h1,8H,3-7H2,(H,14,16). The molecule has 0 aromatic heterocycles. The van der Waals surface area contributed by atoms with E-state index in [0.29, 0.717) is 12.5 Å². The van der Waals surface area contributed by atoms with Crippen LogP contribution in [0.15, 0.2) is 0 Å². The van der Waals surface area contributed by atoms with Gasteiger partial charge in [0.1, 0.15) is 6.54 Å². The number of alkyl halides is 3. The van der Waals surface area contributed by atoms with E-state index in [2.05, 4.69) is 5.92 Å². The summed E-state index contributed by atoms with van der Waals surface area (Å²) in [5.74, 6) is 2.66. The first-order chi connectivity index (χ1) is 7.42. The van der Waals surface area contributed by atoms with Crippen molar-refractivity contribution in [1.82, 2.24) is 10.2 Å². The molecule has 1 saturated carbocycles. The van der Waals surface area contributed by atoms with Crippen LogP contribution in [-0.4, -0.2) is 36.7 Å². The lowest BCUT2D eigenvalue weighted by molar-refractivity contribution is -0.123. The molecule has 0 heterocycles. The average Bonchev–Trinajstić information content (AvgIpc) is 2.96. The van der Waals surface area contributed by atoms with Crippen LogP contribution < -0.4 is 5.32 Å². The minimum Gasteiger partial charge on any atom is -0.329 e. The van der Waals surface area contributed by atoms with E-state index in [-0.39, 0.29) is 6.54 Å². The Hall–Kier alpha value is -1.38. The lowest BCUT2D eigenvalue weighted by Gasteiger charge is -2.21. The summed E-state index contributed by atoms with van der Waals surface area (Å²) in [7, 11) is 0. The van der Waals surface area contributed by atoms with Gasteiger partial charge in [-0.15, -0.1) is 6.42 Å². The van der Waals surface area contributed by atoms with Crippen molar-refractivity contribution in [2.45, 2.75) is 19.0 Å². The number of hydrogen-bond acceptors (Lipinski definition) is 1. The van der Waals surface area contributed by atoms with Crippen molar-refractivity contribution in [1.29, 1.82) is 0 Å². The Kier molecular flexibility index (Phi) is 4.05. The smallest absolute Gasteiger partial charge is 0.329 e. The molecule has 1 rings (SSSR count). The molecule has 1 aliphatic carbocycles. The highest BCUT2D eigenvalue weighted by molar-refractivity contribution is 5.74. The van der Waals surface area contributed by atoms with E-state index in [9.17, 15) is 18.0 Å². The normalized spacial score (nSPS) is 15.4. The maximum Gasteiger partial charge on any atom is 0.405 e. The second-order valence-electron chi connectivity index (χ2n) is 3.80. The van der Waals surface area contributed by atoms with Crippen molar-refractivity contribution < 1.29 is 18.0 Å². The molecule has 3 nitrogen and oxygen atoms in total. The number of hydrogen-bond donors (Lipinski definition) is 1. The number of carbonyl (C=O) groups is 1. The molecule has 0 saturated heterocycles. The third-order valence-electron chi connectivity index (χ3n) is 2.18. The molecular formula is C10H13F3N2O. The molecule has 0 aromatic rings. The van der Waals surface area contributed by atoms with Gasteiger partial charge in [0.05, 0.1) is 6.54 Å². The summed E-state index contributed by atoms with van der Waals surface area (Å²) in [4.78, 5) is 12.6. The fraction of sp³-hybridized carbons (Fsp3) is 0.700. The molecule has 6 heteroatoms. The zero-order chi connectivity index (χ0) is 12.2. The van der Waals surface area contributed by atoms with Crippen molar-refractivity contribution in [2.24, 2.45) is 5.92 Å². The zero-order valence-corrected chi connectivity index (χ0v) is 8.68. The monoisotopic (exact) mass is 234 g/mol. The van der Waals surface area contributed by atoms with Crippen LogP contribution in [0.5, 0.6) is 0 Å². The first-order valence-corrected chi connectivity index (χ1v) is 4.95. The van der Waals surface area contributed by atoms with Gasteiger partial charge in [0.15, 0.2) is 0 Å². The van der Waals surface area contributed by atoms with Crippen LogP contribution in [0.3, 0.4) is 0 Å². The van der Waals surface area contributed by atoms with Crippen molar-refractivity contribution in [3.63, 3.8) is 0 Å². The fourth-order valence-electron chi connectivity index (χ4n) is 1.23. The molecule has 0 aromatic carbocycles. The number of terminal acetylenes is 1. The summed E-state index contributed by atoms with van der Waals surface area (Å²) in [6, 6.07) is -0.748. The Labute approximate surface area is 92.0 Å². The van der Waals surface area contributed by atoms with Gasteiger partial charge in [-0.3, -0.25) is 0 Å². The molecule has 0 bridgehead atoms. The summed E-state index contributed by atoms with van der Waals surface area (Å²) >= 11 is 0. The molecule has 1 N–H and O–H groups in total. The average molecular weight is 234 g/mol. The largest absolute Gasteiger partial charge is 0.405 e. The Morgan fingerprint density at radius 1 is 1.50 bits per heavy atom. The van der Waals surface area contributed by atoms with E-state index in [1.54, 1.807) is 0 Å². The van der Waals surface area contributed by atoms with Crippen LogP contribution in [0.25, 0.3) is 0 Å². The van der Waals surface area contributed by atoms with Gasteiger partial charge < -0.3 is 10.2 Å². The van der Waals surface area contributed by atoms with Gasteiger partial charge in [-0.1, -0.05) is 5.92 Å². The van der Waals surface area contributed by atoms with Crippen LogP contribution in [0.1, 0.15) is 12.8 Å². The van der Waals surface area contributed by atoms with Crippen molar-refractivity contribution in [3.05, 3.63) is 0 Å². The Balaban J connectivity index is 2.37. The summed E-state index contributed by atoms with van der Waals surface area (Å²) < 4.78 is 35.6. The highest BCUT2D eigenvalue weighted by atomic mass is 19.4. The lowest BCUT2D eigenvalue weighted by atomic mass is 10.4. The van der Waals surface area contributed by atoms with E-state index < -0.39 is 18.8 Å². The topological polar surface area (TPSA) is 32.3 Å². The molecule has 0 spiro atoms. The molecule has 0 atom stereocenters. The lowest BCUT2D eigenvalue weighted by Crippen LogP contribution is -2.44. The van der Waals surface area contributed by atoms with Gasteiger partial charge >= 0.3 is 12.2 Å². The number of carbonyl (C=O) groups excluding carboxylic acids is 1. The quantitative estimate of drug-likeness (QED) is 0.736. The van der Waals surface area contributed by atoms with Crippen molar-refractivity contribution in [3.8, 4) is 12.3 Å². The van der Waals surface area contributed by atoms with Gasteiger partial charge in [0.25, 0.3) is 0 Å². The van der Waals surface area contributed by atoms with Crippen LogP contribution in [0.4, 0.5) is 18.0 Å². The van der Waals surface area contributed by atoms with Crippen LogP contribution in [-0.2, 0) is 0 Å². The van der Waals surface area contributed by atoms with Gasteiger partial charge in [-0.2, -0.15) is 13.2 Å². The predicted molar refractivity (Wildman–Crippen MR) is 52.6 cm³/mol. The summed E-state index contributed by atoms with van der Waals surface area (Å²) in [5, 5.41) is 1.81. The summed E-state index contributed by atoms with van der Waals surface area (Å²) in [5.41, 5.74) is 0. The molecular weight excluding hydrogens is 221 g/mol. The molecule has 2 amide bonds. The SMILES string of the molecule is C#CCN(CC1CC1)C(=O)NCC(F)(F)F. The number of amides is 2. The Morgan fingerprint density at radius 3 is 2.56 bits per heavy atom. The van der Waals surface area contributed by atoms with Gasteiger partial charge in [-0.25, -0.2) is 4.79 Å². The summed E-state index contributed by atoms with van der Waals surface area (Å²) in [6.45, 7) is -0.842. The number of rotatable bonds is 4. The molecule has 90 valence electrons. The zero-order valence-electron chi connectivity index (χ0n) is 8.68. The first kappa shape index (κ1) is 12.7. The van der Waals surface area contributed by atoms with E-state index in [0.717, 1.165) is 12.8 Å². The first-order valence-electron chi connectivity index (χ1n) is 4.95. The number of nitrogens with one attached hydrogen (secondary N) is 1. The maximum atomic E-state index is 11.9. The van der Waals surface area contributed by atoms with Gasteiger partial charge in [0, 0.05) is 6.54 Å². The highest BCUT2D eigenvalue weighted by Crippen LogP contribution is 2.29. The van der Waals surface area contributed by atoms with Crippen molar-refractivity contribution in [2.75, 3.05) is 19.6 Å². The van der Waals surface area contributed by atoms with Crippen molar-refractivity contribution >= 4 is 6.03 Å². The van der Waals surface area contributed by atoms with Crippen LogP contribution >= 0.6 is 0 Å². The highest BCUT2D eigenvalue weighted by Gasteiger charge is 2.30. The van der Waals surface area contributed by atoms with Crippen LogP contribution in [0.2, 0.25) is 0 Å². The Bertz CT molecular complexity index is 291. The second-order valence-corrected chi connectivity index (χ2v) is 3.80. The molecule has 0 aliphatic heterocycles. The number of urea groups is 1. The molecule has 0 radical (unpaired) electrons. The van der Waals surface area contributed by atoms with E-state index >= 15 is 0 Å². The maximum absolute atomic E-state index is 11.9. The molecule has 16 heavy (non-hydrogen) atoms. The predicted octanol–water partition coefficient (Wildman–Crippen LogP) is 1.60. The Morgan fingerprint density at radius 2 is 2.12 bits per heavy atom. The molecule has 1 aliphatic rings. The fourth-order valence-corrected chi connectivity index (χ4v) is 1.23. The molecule has 1 fully saturated rings. The third kappa shape index (κ3) is 4.91. The molecule has 0 unspecified atom stereocenters. The van der Waals surface area contributed by atoms with E-state index in [1.807, 2.05) is 5.32 Å². The van der Waals surface area contributed by atoms with E-state index in [1.165, 1.54) is 4.90 Å². The number of halogens is 3. The van der Waals surface area contributed by atoms with E-state index in [4.69, 9.17) is 6.42 Å². The minimum atomic E-state index is -4.39. The second kappa shape index (κ2) is 5.10.